The van der Waals surface area contributed by atoms with Crippen molar-refractivity contribution in [3.05, 3.63) is 98.6 Å². The normalized spacial score (nSPS) is 11.9. The second kappa shape index (κ2) is 13.1. The molecule has 3 aromatic carbocycles. The molecule has 0 aliphatic carbocycles. The quantitative estimate of drug-likeness (QED) is 0.174. The first-order valence-corrected chi connectivity index (χ1v) is 15.0. The third-order valence-electron chi connectivity index (χ3n) is 8.43. The molecule has 4 nitrogen and oxygen atoms in total. The summed E-state index contributed by atoms with van der Waals surface area (Å²) in [6, 6.07) is 15.4. The van der Waals surface area contributed by atoms with Crippen LogP contribution in [-0.2, 0) is 16.6 Å². The lowest BCUT2D eigenvalue weighted by molar-refractivity contribution is -0.00473. The summed E-state index contributed by atoms with van der Waals surface area (Å²) in [5.74, 6) is -0.384. The maximum atomic E-state index is 13.1. The van der Waals surface area contributed by atoms with Crippen molar-refractivity contribution in [2.24, 2.45) is 0 Å². The van der Waals surface area contributed by atoms with Gasteiger partial charge in [-0.25, -0.2) is 9.59 Å². The number of ether oxygens (including phenoxy) is 2. The third kappa shape index (κ3) is 7.67. The third-order valence-corrected chi connectivity index (χ3v) is 8.43. The maximum Gasteiger partial charge on any atom is 0.343 e. The predicted molar refractivity (Wildman–Crippen MR) is 168 cm³/mol. The Morgan fingerprint density at radius 3 is 1.68 bits per heavy atom. The lowest BCUT2D eigenvalue weighted by Crippen LogP contribution is -2.28. The van der Waals surface area contributed by atoms with Gasteiger partial charge in [0.15, 0.2) is 0 Å². The monoisotopic (exact) mass is 556 g/mol. The van der Waals surface area contributed by atoms with Gasteiger partial charge in [-0.15, -0.1) is 0 Å². The Balaban J connectivity index is 1.79. The first-order chi connectivity index (χ1) is 19.2. The minimum absolute atomic E-state index is 0.191. The van der Waals surface area contributed by atoms with Crippen molar-refractivity contribution in [3.63, 3.8) is 0 Å². The van der Waals surface area contributed by atoms with Crippen molar-refractivity contribution in [2.45, 2.75) is 112 Å². The fourth-order valence-corrected chi connectivity index (χ4v) is 6.14. The van der Waals surface area contributed by atoms with Gasteiger partial charge in [0.05, 0.1) is 11.1 Å². The smallest absolute Gasteiger partial charge is 0.343 e. The zero-order chi connectivity index (χ0) is 30.5. The second-order valence-corrected chi connectivity index (χ2v) is 12.5. The van der Waals surface area contributed by atoms with Crippen LogP contribution < -0.4 is 4.74 Å². The summed E-state index contributed by atoms with van der Waals surface area (Å²) in [4.78, 5) is 25.9. The highest BCUT2D eigenvalue weighted by molar-refractivity contribution is 5.96. The van der Waals surface area contributed by atoms with Crippen LogP contribution in [0.1, 0.15) is 127 Å². The zero-order valence-corrected chi connectivity index (χ0v) is 26.8. The van der Waals surface area contributed by atoms with Crippen molar-refractivity contribution in [1.82, 2.24) is 0 Å². The van der Waals surface area contributed by atoms with Gasteiger partial charge in [-0.3, -0.25) is 0 Å². The van der Waals surface area contributed by atoms with Crippen LogP contribution in [0.25, 0.3) is 0 Å². The summed E-state index contributed by atoms with van der Waals surface area (Å²) in [7, 11) is 0. The van der Waals surface area contributed by atoms with Crippen LogP contribution in [0.2, 0.25) is 0 Å². The molecule has 4 heteroatoms. The molecular weight excluding hydrogens is 508 g/mol. The lowest BCUT2D eigenvalue weighted by Gasteiger charge is -2.31. The number of benzene rings is 3. The molecule has 0 aromatic heterocycles. The van der Waals surface area contributed by atoms with Crippen LogP contribution in [0.4, 0.5) is 0 Å². The highest BCUT2D eigenvalue weighted by Gasteiger charge is 2.26. The van der Waals surface area contributed by atoms with E-state index in [-0.39, 0.29) is 5.41 Å². The molecule has 41 heavy (non-hydrogen) atoms. The largest absolute Gasteiger partial charge is 0.456 e. The average molecular weight is 557 g/mol. The summed E-state index contributed by atoms with van der Waals surface area (Å²) < 4.78 is 11.5. The minimum atomic E-state index is -0.566. The Hall–Kier alpha value is -3.40. The molecule has 0 heterocycles. The fraction of sp³-hybridized carbons (Fsp3) is 0.459. The summed E-state index contributed by atoms with van der Waals surface area (Å²) in [5, 5.41) is 0. The standard InChI is InChI=1S/C37H48O4/c1-11-17-36(8,9)41-35(39)31-16-14-15-30(23-31)34(38)40-33-26(6)20-29(21-27(33)7)22-28-18-24(4)32(25(5)19-28)37(10,12-2)13-3/h14-16,18-21,23H,11-13,17,22H2,1-10H3. The van der Waals surface area contributed by atoms with Crippen molar-refractivity contribution < 1.29 is 19.1 Å². The van der Waals surface area contributed by atoms with E-state index >= 15 is 0 Å². The Morgan fingerprint density at radius 1 is 0.707 bits per heavy atom. The van der Waals surface area contributed by atoms with E-state index in [0.29, 0.717) is 16.9 Å². The number of rotatable bonds is 11. The van der Waals surface area contributed by atoms with Gasteiger partial charge in [0.25, 0.3) is 0 Å². The van der Waals surface area contributed by atoms with E-state index in [1.165, 1.54) is 27.8 Å². The van der Waals surface area contributed by atoms with Crippen molar-refractivity contribution in [3.8, 4) is 5.75 Å². The highest BCUT2D eigenvalue weighted by atomic mass is 16.6. The number of hydrogen-bond acceptors (Lipinski definition) is 4. The summed E-state index contributed by atoms with van der Waals surface area (Å²) in [6.45, 7) is 21.2. The van der Waals surface area contributed by atoms with E-state index in [4.69, 9.17) is 9.47 Å². The van der Waals surface area contributed by atoms with E-state index in [0.717, 1.165) is 43.2 Å². The van der Waals surface area contributed by atoms with Gasteiger partial charge >= 0.3 is 11.9 Å². The number of carbonyl (C=O) groups is 2. The SMILES string of the molecule is CCCC(C)(C)OC(=O)c1cccc(C(=O)Oc2c(C)cc(Cc3cc(C)c(C(C)(CC)CC)c(C)c3)cc2C)c1. The molecule has 0 fully saturated rings. The molecule has 0 saturated carbocycles. The molecule has 0 radical (unpaired) electrons. The van der Waals surface area contributed by atoms with Gasteiger partial charge in [-0.05, 0) is 130 Å². The van der Waals surface area contributed by atoms with Gasteiger partial charge in [0.1, 0.15) is 11.4 Å². The molecule has 3 rings (SSSR count). The Kier molecular flexibility index (Phi) is 10.2. The summed E-state index contributed by atoms with van der Waals surface area (Å²) in [6.07, 6.45) is 4.72. The van der Waals surface area contributed by atoms with Gasteiger partial charge in [0, 0.05) is 0 Å². The lowest BCUT2D eigenvalue weighted by atomic mass is 9.73. The maximum absolute atomic E-state index is 13.1. The molecule has 0 unspecified atom stereocenters. The number of hydrogen-bond donors (Lipinski definition) is 0. The van der Waals surface area contributed by atoms with Gasteiger partial charge in [-0.1, -0.05) is 64.4 Å². The Bertz CT molecular complexity index is 1360. The Labute approximate surface area is 247 Å². The predicted octanol–water partition coefficient (Wildman–Crippen LogP) is 9.54. The second-order valence-electron chi connectivity index (χ2n) is 12.5. The molecule has 3 aromatic rings. The molecule has 0 spiro atoms. The van der Waals surface area contributed by atoms with Crippen LogP contribution in [0.5, 0.6) is 5.75 Å². The van der Waals surface area contributed by atoms with Gasteiger partial charge in [-0.2, -0.15) is 0 Å². The Morgan fingerprint density at radius 2 is 1.20 bits per heavy atom. The first kappa shape index (κ1) is 32.1. The molecule has 0 bridgehead atoms. The van der Waals surface area contributed by atoms with E-state index < -0.39 is 17.5 Å². The average Bonchev–Trinajstić information content (AvgIpc) is 2.89. The molecule has 0 atom stereocenters. The van der Waals surface area contributed by atoms with Gasteiger partial charge < -0.3 is 9.47 Å². The topological polar surface area (TPSA) is 52.6 Å². The molecule has 0 aliphatic heterocycles. The molecule has 0 N–H and O–H groups in total. The number of esters is 2. The van der Waals surface area contributed by atoms with Crippen molar-refractivity contribution in [2.75, 3.05) is 0 Å². The van der Waals surface area contributed by atoms with E-state index in [2.05, 4.69) is 65.8 Å². The van der Waals surface area contributed by atoms with Gasteiger partial charge in [0.2, 0.25) is 0 Å². The molecule has 0 saturated heterocycles. The number of carbonyl (C=O) groups excluding carboxylic acids is 2. The van der Waals surface area contributed by atoms with Crippen LogP contribution >= 0.6 is 0 Å². The van der Waals surface area contributed by atoms with E-state index in [9.17, 15) is 9.59 Å². The fourth-order valence-electron chi connectivity index (χ4n) is 6.14. The van der Waals surface area contributed by atoms with Crippen molar-refractivity contribution in [1.29, 1.82) is 0 Å². The first-order valence-electron chi connectivity index (χ1n) is 15.0. The number of aryl methyl sites for hydroxylation is 4. The van der Waals surface area contributed by atoms with Crippen LogP contribution in [0.15, 0.2) is 48.5 Å². The van der Waals surface area contributed by atoms with Crippen LogP contribution in [-0.4, -0.2) is 17.5 Å². The van der Waals surface area contributed by atoms with E-state index in [1.54, 1.807) is 24.3 Å². The molecule has 220 valence electrons. The zero-order valence-electron chi connectivity index (χ0n) is 26.8. The van der Waals surface area contributed by atoms with Crippen LogP contribution in [0.3, 0.4) is 0 Å². The molecule has 0 amide bonds. The van der Waals surface area contributed by atoms with Crippen molar-refractivity contribution >= 4 is 11.9 Å². The molecule has 0 aliphatic rings. The van der Waals surface area contributed by atoms with Crippen LogP contribution in [0, 0.1) is 27.7 Å². The minimum Gasteiger partial charge on any atom is -0.456 e. The molecular formula is C37H48O4. The highest BCUT2D eigenvalue weighted by Crippen LogP contribution is 2.37. The summed E-state index contributed by atoms with van der Waals surface area (Å²) >= 11 is 0. The summed E-state index contributed by atoms with van der Waals surface area (Å²) in [5.41, 5.74) is 8.72. The van der Waals surface area contributed by atoms with E-state index in [1.807, 2.05) is 27.7 Å².